The second-order valence-corrected chi connectivity index (χ2v) is 9.43. The molecule has 1 aliphatic heterocycles. The lowest BCUT2D eigenvalue weighted by Gasteiger charge is -2.27. The van der Waals surface area contributed by atoms with Crippen LogP contribution in [0.3, 0.4) is 0 Å². The van der Waals surface area contributed by atoms with Crippen molar-refractivity contribution in [2.24, 2.45) is 0 Å². The summed E-state index contributed by atoms with van der Waals surface area (Å²) < 4.78 is 25.8. The summed E-state index contributed by atoms with van der Waals surface area (Å²) in [6.45, 7) is 9.40. The normalized spacial score (nSPS) is 19.1. The molecule has 1 aromatic rings. The van der Waals surface area contributed by atoms with Gasteiger partial charge in [-0.3, -0.25) is 4.79 Å². The van der Waals surface area contributed by atoms with Gasteiger partial charge < -0.3 is 9.47 Å². The van der Waals surface area contributed by atoms with Crippen LogP contribution in [0.25, 0.3) is 6.08 Å². The molecule has 1 atom stereocenters. The molecule has 0 saturated carbocycles. The van der Waals surface area contributed by atoms with Crippen LogP contribution in [0.1, 0.15) is 50.1 Å². The summed E-state index contributed by atoms with van der Waals surface area (Å²) in [5, 5.41) is 9.60. The van der Waals surface area contributed by atoms with E-state index in [1.807, 2.05) is 32.9 Å². The van der Waals surface area contributed by atoms with Crippen molar-refractivity contribution >= 4 is 21.8 Å². The number of rotatable bonds is 7. The molecule has 2 rings (SSSR count). The topological polar surface area (TPSA) is 83.2 Å². The molecule has 1 aromatic heterocycles. The van der Waals surface area contributed by atoms with E-state index in [2.05, 4.69) is 11.5 Å². The van der Waals surface area contributed by atoms with E-state index in [0.29, 0.717) is 19.4 Å². The van der Waals surface area contributed by atoms with Crippen LogP contribution >= 0.6 is 0 Å². The van der Waals surface area contributed by atoms with Gasteiger partial charge in [-0.05, 0) is 50.8 Å². The van der Waals surface area contributed by atoms with Gasteiger partial charge in [0.25, 0.3) is 5.91 Å². The largest absolute Gasteiger partial charge is 0.349 e. The fraction of sp³-hybridized carbons (Fsp3) is 0.600. The highest BCUT2D eigenvalue weighted by atomic mass is 32.2. The minimum atomic E-state index is -3.10. The van der Waals surface area contributed by atoms with Crippen molar-refractivity contribution in [3.8, 4) is 6.07 Å². The number of aryl methyl sites for hydroxylation is 1. The first kappa shape index (κ1) is 21.2. The van der Waals surface area contributed by atoms with E-state index < -0.39 is 9.84 Å². The number of carbonyl (C=O) groups excluding carboxylic acids is 1. The van der Waals surface area contributed by atoms with Crippen molar-refractivity contribution in [3.05, 3.63) is 28.6 Å². The summed E-state index contributed by atoms with van der Waals surface area (Å²) in [4.78, 5) is 14.6. The second-order valence-electron chi connectivity index (χ2n) is 7.20. The van der Waals surface area contributed by atoms with Gasteiger partial charge in [0.2, 0.25) is 0 Å². The lowest BCUT2D eigenvalue weighted by Crippen LogP contribution is -2.42. The summed E-state index contributed by atoms with van der Waals surface area (Å²) in [7, 11) is -3.10. The third-order valence-electron chi connectivity index (χ3n) is 5.09. The Labute approximate surface area is 162 Å². The number of hydrogen-bond acceptors (Lipinski definition) is 4. The van der Waals surface area contributed by atoms with Crippen molar-refractivity contribution in [1.82, 2.24) is 9.47 Å². The molecular formula is C20H29N3O3S. The number of hydrogen-bond donors (Lipinski definition) is 0. The van der Waals surface area contributed by atoms with Crippen molar-refractivity contribution in [3.63, 3.8) is 0 Å². The van der Waals surface area contributed by atoms with Crippen LogP contribution in [0.4, 0.5) is 0 Å². The molecule has 1 aliphatic rings. The average Bonchev–Trinajstić information content (AvgIpc) is 3.10. The molecule has 1 amide bonds. The molecule has 6 nitrogen and oxygen atoms in total. The number of sulfone groups is 1. The molecule has 0 aromatic carbocycles. The first-order valence-corrected chi connectivity index (χ1v) is 11.4. The molecule has 0 bridgehead atoms. The third kappa shape index (κ3) is 4.81. The van der Waals surface area contributed by atoms with Crippen LogP contribution in [0.2, 0.25) is 0 Å². The molecule has 0 spiro atoms. The predicted molar refractivity (Wildman–Crippen MR) is 107 cm³/mol. The van der Waals surface area contributed by atoms with Gasteiger partial charge in [0.15, 0.2) is 9.84 Å². The van der Waals surface area contributed by atoms with Crippen LogP contribution in [0.5, 0.6) is 0 Å². The highest BCUT2D eigenvalue weighted by Gasteiger charge is 2.35. The molecular weight excluding hydrogens is 362 g/mol. The van der Waals surface area contributed by atoms with E-state index in [1.165, 1.54) is 0 Å². The third-order valence-corrected chi connectivity index (χ3v) is 6.84. The fourth-order valence-corrected chi connectivity index (χ4v) is 5.44. The lowest BCUT2D eigenvalue weighted by atomic mass is 10.1. The van der Waals surface area contributed by atoms with Gasteiger partial charge in [0.05, 0.1) is 11.5 Å². The molecule has 0 N–H and O–H groups in total. The fourth-order valence-electron chi connectivity index (χ4n) is 3.71. The van der Waals surface area contributed by atoms with Gasteiger partial charge in [-0.2, -0.15) is 5.26 Å². The van der Waals surface area contributed by atoms with Gasteiger partial charge in [-0.1, -0.05) is 13.8 Å². The zero-order valence-electron chi connectivity index (χ0n) is 16.7. The second kappa shape index (κ2) is 8.75. The van der Waals surface area contributed by atoms with Gasteiger partial charge in [0.1, 0.15) is 11.6 Å². The van der Waals surface area contributed by atoms with Crippen molar-refractivity contribution in [1.29, 1.82) is 5.26 Å². The van der Waals surface area contributed by atoms with Crippen molar-refractivity contribution in [2.75, 3.05) is 18.1 Å². The summed E-state index contributed by atoms with van der Waals surface area (Å²) in [5.74, 6) is -0.279. The molecule has 1 saturated heterocycles. The van der Waals surface area contributed by atoms with E-state index in [9.17, 15) is 18.5 Å². The van der Waals surface area contributed by atoms with Crippen LogP contribution in [-0.4, -0.2) is 47.9 Å². The molecule has 0 aliphatic carbocycles. The number of amides is 1. The standard InChI is InChI=1S/C20H29N3O3S/c1-5-8-22-15(3)11-17(16(22)4)12-18(13-21)20(24)23(9-6-2)19-7-10-27(25,26)14-19/h11-12,19H,5-10,14H2,1-4H3. The lowest BCUT2D eigenvalue weighted by molar-refractivity contribution is -0.128. The average molecular weight is 392 g/mol. The number of nitrogens with zero attached hydrogens (tertiary/aromatic N) is 3. The first-order valence-electron chi connectivity index (χ1n) is 9.54. The molecule has 2 heterocycles. The maximum Gasteiger partial charge on any atom is 0.264 e. The van der Waals surface area contributed by atoms with E-state index in [-0.39, 0.29) is 29.0 Å². The Kier molecular flexibility index (Phi) is 6.88. The highest BCUT2D eigenvalue weighted by molar-refractivity contribution is 7.91. The van der Waals surface area contributed by atoms with Gasteiger partial charge >= 0.3 is 0 Å². The van der Waals surface area contributed by atoms with Crippen molar-refractivity contribution < 1.29 is 13.2 Å². The summed E-state index contributed by atoms with van der Waals surface area (Å²) >= 11 is 0. The Hall–Kier alpha value is -2.07. The van der Waals surface area contributed by atoms with E-state index in [4.69, 9.17) is 0 Å². The van der Waals surface area contributed by atoms with Crippen LogP contribution < -0.4 is 0 Å². The Bertz CT molecular complexity index is 875. The summed E-state index contributed by atoms with van der Waals surface area (Å²) in [6.07, 6.45) is 3.80. The molecule has 1 unspecified atom stereocenters. The monoisotopic (exact) mass is 391 g/mol. The van der Waals surface area contributed by atoms with E-state index in [0.717, 1.165) is 29.9 Å². The van der Waals surface area contributed by atoms with Crippen molar-refractivity contribution in [2.45, 2.75) is 59.5 Å². The Morgan fingerprint density at radius 2 is 2.07 bits per heavy atom. The maximum atomic E-state index is 13.0. The Morgan fingerprint density at radius 1 is 1.37 bits per heavy atom. The van der Waals surface area contributed by atoms with Gasteiger partial charge in [-0.15, -0.1) is 0 Å². The van der Waals surface area contributed by atoms with Crippen LogP contribution in [0, 0.1) is 25.2 Å². The van der Waals surface area contributed by atoms with E-state index in [1.54, 1.807) is 11.0 Å². The Balaban J connectivity index is 2.34. The molecule has 1 fully saturated rings. The number of aromatic nitrogens is 1. The minimum Gasteiger partial charge on any atom is -0.349 e. The predicted octanol–water partition coefficient (Wildman–Crippen LogP) is 2.85. The molecule has 0 radical (unpaired) electrons. The van der Waals surface area contributed by atoms with Crippen LogP contribution in [0.15, 0.2) is 11.6 Å². The first-order chi connectivity index (χ1) is 12.7. The quantitative estimate of drug-likeness (QED) is 0.528. The summed E-state index contributed by atoms with van der Waals surface area (Å²) in [6, 6.07) is 3.68. The highest BCUT2D eigenvalue weighted by Crippen LogP contribution is 2.23. The maximum absolute atomic E-state index is 13.0. The minimum absolute atomic E-state index is 0.0114. The zero-order chi connectivity index (χ0) is 20.2. The smallest absolute Gasteiger partial charge is 0.264 e. The summed E-state index contributed by atoms with van der Waals surface area (Å²) in [5.41, 5.74) is 3.05. The van der Waals surface area contributed by atoms with Gasteiger partial charge in [-0.25, -0.2) is 8.42 Å². The number of nitriles is 1. The number of carbonyl (C=O) groups is 1. The molecule has 27 heavy (non-hydrogen) atoms. The SMILES string of the molecule is CCCN(C(=O)C(C#N)=Cc1cc(C)n(CCC)c1C)C1CCS(=O)(=O)C1. The molecule has 148 valence electrons. The van der Waals surface area contributed by atoms with Gasteiger partial charge in [0, 0.05) is 30.5 Å². The Morgan fingerprint density at radius 3 is 2.59 bits per heavy atom. The zero-order valence-corrected chi connectivity index (χ0v) is 17.5. The van der Waals surface area contributed by atoms with E-state index >= 15 is 0 Å². The molecule has 7 heteroatoms. The van der Waals surface area contributed by atoms with Crippen LogP contribution in [-0.2, 0) is 21.2 Å².